The number of unbranched alkanes of at least 4 members (excludes halogenated alkanes) is 18. The summed E-state index contributed by atoms with van der Waals surface area (Å²) in [7, 11) is 0. The first-order valence-corrected chi connectivity index (χ1v) is 22.5. The summed E-state index contributed by atoms with van der Waals surface area (Å²) in [5.41, 5.74) is 0. The molecule has 1 aliphatic heterocycles. The molecular weight excluding hydrogens is 707 g/mol. The number of hydrogen-bond donors (Lipinski definition) is 6. The second-order valence-electron chi connectivity index (χ2n) is 15.5. The lowest BCUT2D eigenvalue weighted by molar-refractivity contribution is -0.302. The van der Waals surface area contributed by atoms with Crippen LogP contribution in [0, 0.1) is 0 Å². The molecule has 7 atom stereocenters. The Bertz CT molecular complexity index is 1060. The zero-order valence-electron chi connectivity index (χ0n) is 35.4. The van der Waals surface area contributed by atoms with Crippen LogP contribution in [0.2, 0.25) is 0 Å². The maximum Gasteiger partial charge on any atom is 0.220 e. The minimum Gasteiger partial charge on any atom is -0.394 e. The first kappa shape index (κ1) is 51.9. The van der Waals surface area contributed by atoms with Crippen LogP contribution in [-0.2, 0) is 14.3 Å². The van der Waals surface area contributed by atoms with E-state index >= 15 is 0 Å². The van der Waals surface area contributed by atoms with Crippen molar-refractivity contribution in [1.29, 1.82) is 0 Å². The van der Waals surface area contributed by atoms with Crippen molar-refractivity contribution >= 4 is 5.91 Å². The van der Waals surface area contributed by atoms with Crippen molar-refractivity contribution in [2.24, 2.45) is 0 Å². The van der Waals surface area contributed by atoms with Crippen LogP contribution in [0.5, 0.6) is 0 Å². The molecule has 9 heteroatoms. The highest BCUT2D eigenvalue weighted by Crippen LogP contribution is 2.22. The molecule has 0 saturated carbocycles. The lowest BCUT2D eigenvalue weighted by atomic mass is 9.99. The van der Waals surface area contributed by atoms with Gasteiger partial charge < -0.3 is 40.3 Å². The molecule has 7 unspecified atom stereocenters. The standard InChI is InChI=1S/C47H83NO8/c1-3-5-7-9-11-12-13-14-15-16-17-18-19-20-21-22-23-24-25-26-27-28-29-30-31-33-35-37-43(51)48-40(41(50)36-34-32-10-8-6-4-2)39-55-47-46(54)45(53)44(52)42(38-49)56-47/h5,7,11-12,14-15,17-18,34,36,40-42,44-47,49-50,52-54H,3-4,6,8-10,13,16,19-33,35,37-39H2,1-2H3,(H,48,51)/b7-5-,12-11-,15-14-,18-17-,36-34+. The summed E-state index contributed by atoms with van der Waals surface area (Å²) < 4.78 is 11.1. The number of amides is 1. The van der Waals surface area contributed by atoms with E-state index < -0.39 is 49.5 Å². The maximum absolute atomic E-state index is 12.9. The molecule has 6 N–H and O–H groups in total. The monoisotopic (exact) mass is 790 g/mol. The van der Waals surface area contributed by atoms with Crippen LogP contribution in [0.25, 0.3) is 0 Å². The number of nitrogens with one attached hydrogen (secondary N) is 1. The van der Waals surface area contributed by atoms with E-state index in [-0.39, 0.29) is 12.5 Å². The molecule has 1 rings (SSSR count). The topological polar surface area (TPSA) is 149 Å². The van der Waals surface area contributed by atoms with E-state index in [1.807, 2.05) is 6.08 Å². The molecule has 1 fully saturated rings. The zero-order chi connectivity index (χ0) is 40.9. The summed E-state index contributed by atoms with van der Waals surface area (Å²) in [6, 6.07) is -0.802. The maximum atomic E-state index is 12.9. The second kappa shape index (κ2) is 37.2. The first-order valence-electron chi connectivity index (χ1n) is 22.5. The third kappa shape index (κ3) is 27.5. The molecular formula is C47H83NO8. The molecule has 0 spiro atoms. The van der Waals surface area contributed by atoms with Gasteiger partial charge in [-0.2, -0.15) is 0 Å². The van der Waals surface area contributed by atoms with Gasteiger partial charge >= 0.3 is 0 Å². The minimum atomic E-state index is -1.56. The van der Waals surface area contributed by atoms with E-state index in [1.54, 1.807) is 6.08 Å². The van der Waals surface area contributed by atoms with Gasteiger partial charge in [0.25, 0.3) is 0 Å². The van der Waals surface area contributed by atoms with E-state index in [2.05, 4.69) is 67.8 Å². The normalized spacial score (nSPS) is 21.7. The SMILES string of the molecule is CC/C=C\C/C=C\C/C=C\C/C=C\CCCCCCCCCCCCCCCCC(=O)NC(COC1OC(CO)C(O)C(O)C1O)C(O)/C=C/CCCCCC. The Hall–Kier alpha value is -2.11. The molecule has 9 nitrogen and oxygen atoms in total. The number of hydrogen-bond acceptors (Lipinski definition) is 8. The molecule has 1 amide bonds. The Morgan fingerprint density at radius 2 is 1.11 bits per heavy atom. The quantitative estimate of drug-likeness (QED) is 0.0272. The van der Waals surface area contributed by atoms with Gasteiger partial charge in [0, 0.05) is 6.42 Å². The number of carbonyl (C=O) groups is 1. The summed E-state index contributed by atoms with van der Waals surface area (Å²) in [6.07, 6.45) is 41.7. The fraction of sp³-hybridized carbons (Fsp3) is 0.766. The molecule has 0 radical (unpaired) electrons. The van der Waals surface area contributed by atoms with Gasteiger partial charge in [0.05, 0.1) is 25.4 Å². The number of ether oxygens (including phenoxy) is 2. The van der Waals surface area contributed by atoms with Crippen LogP contribution in [0.1, 0.15) is 174 Å². The van der Waals surface area contributed by atoms with Crippen molar-refractivity contribution in [3.05, 3.63) is 60.8 Å². The average molecular weight is 790 g/mol. The highest BCUT2D eigenvalue weighted by atomic mass is 16.7. The zero-order valence-corrected chi connectivity index (χ0v) is 35.4. The number of carbonyl (C=O) groups excluding carboxylic acids is 1. The minimum absolute atomic E-state index is 0.186. The predicted molar refractivity (Wildman–Crippen MR) is 230 cm³/mol. The highest BCUT2D eigenvalue weighted by Gasteiger charge is 2.44. The van der Waals surface area contributed by atoms with E-state index in [1.165, 1.54) is 77.0 Å². The van der Waals surface area contributed by atoms with Crippen molar-refractivity contribution in [2.75, 3.05) is 13.2 Å². The summed E-state index contributed by atoms with van der Waals surface area (Å²) in [6.45, 7) is 3.56. The Kier molecular flexibility index (Phi) is 34.5. The molecule has 0 aromatic heterocycles. The number of rotatable bonds is 36. The predicted octanol–water partition coefficient (Wildman–Crippen LogP) is 9.22. The van der Waals surface area contributed by atoms with Crippen LogP contribution in [0.15, 0.2) is 60.8 Å². The van der Waals surface area contributed by atoms with Crippen molar-refractivity contribution in [3.63, 3.8) is 0 Å². The summed E-state index contributed by atoms with van der Waals surface area (Å²) in [5.74, 6) is -0.186. The molecule has 1 saturated heterocycles. The van der Waals surface area contributed by atoms with Crippen molar-refractivity contribution in [3.8, 4) is 0 Å². The van der Waals surface area contributed by atoms with Gasteiger partial charge in [-0.15, -0.1) is 0 Å². The highest BCUT2D eigenvalue weighted by molar-refractivity contribution is 5.76. The number of allylic oxidation sites excluding steroid dienone is 9. The third-order valence-corrected chi connectivity index (χ3v) is 10.3. The Morgan fingerprint density at radius 3 is 1.64 bits per heavy atom. The van der Waals surface area contributed by atoms with Gasteiger partial charge in [-0.25, -0.2) is 0 Å². The Balaban J connectivity index is 2.14. The molecule has 0 aromatic carbocycles. The van der Waals surface area contributed by atoms with E-state index in [0.29, 0.717) is 6.42 Å². The van der Waals surface area contributed by atoms with Crippen LogP contribution in [-0.4, -0.2) is 87.5 Å². The van der Waals surface area contributed by atoms with Crippen LogP contribution >= 0.6 is 0 Å². The van der Waals surface area contributed by atoms with E-state index in [0.717, 1.165) is 77.0 Å². The molecule has 1 heterocycles. The molecule has 324 valence electrons. The van der Waals surface area contributed by atoms with Crippen molar-refractivity contribution in [2.45, 2.75) is 217 Å². The van der Waals surface area contributed by atoms with Gasteiger partial charge in [-0.1, -0.05) is 171 Å². The van der Waals surface area contributed by atoms with Gasteiger partial charge in [0.15, 0.2) is 6.29 Å². The Morgan fingerprint density at radius 1 is 0.625 bits per heavy atom. The summed E-state index contributed by atoms with van der Waals surface area (Å²) in [5, 5.41) is 53.8. The molecule has 56 heavy (non-hydrogen) atoms. The smallest absolute Gasteiger partial charge is 0.220 e. The van der Waals surface area contributed by atoms with Gasteiger partial charge in [0.1, 0.15) is 24.4 Å². The fourth-order valence-corrected chi connectivity index (χ4v) is 6.73. The number of aliphatic hydroxyl groups excluding tert-OH is 5. The fourth-order valence-electron chi connectivity index (χ4n) is 6.73. The molecule has 0 aromatic rings. The average Bonchev–Trinajstić information content (AvgIpc) is 3.20. The number of aliphatic hydroxyl groups is 5. The van der Waals surface area contributed by atoms with Crippen LogP contribution < -0.4 is 5.32 Å². The lowest BCUT2D eigenvalue weighted by Gasteiger charge is -2.40. The van der Waals surface area contributed by atoms with Gasteiger partial charge in [-0.3, -0.25) is 4.79 Å². The molecule has 0 bridgehead atoms. The Labute approximate surface area is 341 Å². The van der Waals surface area contributed by atoms with E-state index in [9.17, 15) is 30.3 Å². The lowest BCUT2D eigenvalue weighted by Crippen LogP contribution is -2.60. The van der Waals surface area contributed by atoms with Crippen LogP contribution in [0.4, 0.5) is 0 Å². The van der Waals surface area contributed by atoms with Gasteiger partial charge in [0.2, 0.25) is 5.91 Å². The largest absolute Gasteiger partial charge is 0.394 e. The van der Waals surface area contributed by atoms with Gasteiger partial charge in [-0.05, 0) is 57.8 Å². The van der Waals surface area contributed by atoms with E-state index in [4.69, 9.17) is 9.47 Å². The third-order valence-electron chi connectivity index (χ3n) is 10.3. The van der Waals surface area contributed by atoms with Crippen molar-refractivity contribution < 1.29 is 39.8 Å². The second-order valence-corrected chi connectivity index (χ2v) is 15.5. The van der Waals surface area contributed by atoms with Crippen LogP contribution in [0.3, 0.4) is 0 Å². The first-order chi connectivity index (χ1) is 27.3. The molecule has 0 aliphatic carbocycles. The van der Waals surface area contributed by atoms with Crippen molar-refractivity contribution in [1.82, 2.24) is 5.32 Å². The summed E-state index contributed by atoms with van der Waals surface area (Å²) in [4.78, 5) is 12.9. The summed E-state index contributed by atoms with van der Waals surface area (Å²) >= 11 is 0. The molecule has 1 aliphatic rings.